The molecular weight excluding hydrogens is 320 g/mol. The fourth-order valence-corrected chi connectivity index (χ4v) is 3.81. The zero-order valence-corrected chi connectivity index (χ0v) is 15.2. The molecule has 130 valence electrons. The summed E-state index contributed by atoms with van der Waals surface area (Å²) in [6, 6.07) is 6.57. The van der Waals surface area contributed by atoms with Crippen molar-refractivity contribution in [3.05, 3.63) is 46.0 Å². The molecule has 0 amide bonds. The molecule has 2 N–H and O–H groups in total. The van der Waals surface area contributed by atoms with E-state index in [1.807, 2.05) is 23.5 Å². The third-order valence-corrected chi connectivity index (χ3v) is 5.37. The minimum Gasteiger partial charge on any atom is -0.467 e. The normalized spacial score (nSPS) is 16.7. The average Bonchev–Trinajstić information content (AvgIpc) is 3.27. The van der Waals surface area contributed by atoms with Crippen LogP contribution >= 0.6 is 11.3 Å². The predicted octanol–water partition coefficient (Wildman–Crippen LogP) is 2.84. The van der Waals surface area contributed by atoms with Crippen molar-refractivity contribution >= 4 is 17.3 Å². The van der Waals surface area contributed by atoms with Gasteiger partial charge in [0.2, 0.25) is 0 Å². The predicted molar refractivity (Wildman–Crippen MR) is 99.4 cm³/mol. The van der Waals surface area contributed by atoms with E-state index < -0.39 is 0 Å². The van der Waals surface area contributed by atoms with E-state index in [2.05, 4.69) is 45.8 Å². The number of nitrogens with zero attached hydrogens (tertiary/aromatic N) is 2. The molecule has 0 radical (unpaired) electrons. The molecule has 5 nitrogen and oxygen atoms in total. The molecule has 2 aromatic heterocycles. The molecule has 0 saturated carbocycles. The zero-order chi connectivity index (χ0) is 16.8. The number of hydrogen-bond acceptors (Lipinski definition) is 4. The quantitative estimate of drug-likeness (QED) is 0.624. The Balaban J connectivity index is 1.51. The van der Waals surface area contributed by atoms with E-state index in [0.717, 1.165) is 37.9 Å². The van der Waals surface area contributed by atoms with E-state index in [-0.39, 0.29) is 0 Å². The molecule has 1 unspecified atom stereocenters. The fourth-order valence-electron chi connectivity index (χ4n) is 2.92. The van der Waals surface area contributed by atoms with Crippen molar-refractivity contribution < 1.29 is 4.42 Å². The Morgan fingerprint density at radius 2 is 2.33 bits per heavy atom. The molecule has 24 heavy (non-hydrogen) atoms. The summed E-state index contributed by atoms with van der Waals surface area (Å²) in [5.41, 5.74) is 1.50. The maximum absolute atomic E-state index is 5.34. The SMILES string of the molecule is CCNC(=NCc1ccco1)NCC(C)N1CCc2sccc2C1. The second-order valence-corrected chi connectivity index (χ2v) is 7.09. The second-order valence-electron chi connectivity index (χ2n) is 6.09. The van der Waals surface area contributed by atoms with Gasteiger partial charge in [0.25, 0.3) is 0 Å². The lowest BCUT2D eigenvalue weighted by Crippen LogP contribution is -2.47. The molecular formula is C18H26N4OS. The summed E-state index contributed by atoms with van der Waals surface area (Å²) in [5.74, 6) is 1.72. The van der Waals surface area contributed by atoms with Crippen molar-refractivity contribution in [3.8, 4) is 0 Å². The monoisotopic (exact) mass is 346 g/mol. The van der Waals surface area contributed by atoms with Crippen molar-refractivity contribution in [1.82, 2.24) is 15.5 Å². The van der Waals surface area contributed by atoms with Gasteiger partial charge in [0.1, 0.15) is 12.3 Å². The van der Waals surface area contributed by atoms with E-state index in [4.69, 9.17) is 4.42 Å². The van der Waals surface area contributed by atoms with Crippen LogP contribution in [0.5, 0.6) is 0 Å². The van der Waals surface area contributed by atoms with Crippen LogP contribution < -0.4 is 10.6 Å². The van der Waals surface area contributed by atoms with Gasteiger partial charge in [-0.25, -0.2) is 4.99 Å². The topological polar surface area (TPSA) is 52.8 Å². The number of nitrogens with one attached hydrogen (secondary N) is 2. The largest absolute Gasteiger partial charge is 0.467 e. The van der Waals surface area contributed by atoms with Gasteiger partial charge in [-0.1, -0.05) is 0 Å². The molecule has 3 heterocycles. The highest BCUT2D eigenvalue weighted by atomic mass is 32.1. The summed E-state index contributed by atoms with van der Waals surface area (Å²) < 4.78 is 5.34. The van der Waals surface area contributed by atoms with Gasteiger partial charge in [-0.3, -0.25) is 4.90 Å². The molecule has 0 spiro atoms. The maximum Gasteiger partial charge on any atom is 0.191 e. The van der Waals surface area contributed by atoms with E-state index in [1.165, 1.54) is 12.0 Å². The van der Waals surface area contributed by atoms with Gasteiger partial charge in [0, 0.05) is 37.1 Å². The second kappa shape index (κ2) is 8.35. The minimum atomic E-state index is 0.463. The Hall–Kier alpha value is -1.79. The number of fused-ring (bicyclic) bond motifs is 1. The third kappa shape index (κ3) is 4.39. The Morgan fingerprint density at radius 1 is 1.42 bits per heavy atom. The molecule has 0 bridgehead atoms. The van der Waals surface area contributed by atoms with Crippen molar-refractivity contribution in [2.45, 2.75) is 39.4 Å². The van der Waals surface area contributed by atoms with Crippen LogP contribution in [0.4, 0.5) is 0 Å². The molecule has 1 aliphatic rings. The van der Waals surface area contributed by atoms with Gasteiger partial charge < -0.3 is 15.1 Å². The average molecular weight is 347 g/mol. The molecule has 0 aromatic carbocycles. The molecule has 3 rings (SSSR count). The van der Waals surface area contributed by atoms with E-state index in [9.17, 15) is 0 Å². The highest BCUT2D eigenvalue weighted by molar-refractivity contribution is 7.10. The standard InChI is InChI=1S/C18H26N4OS/c1-3-19-18(21-12-16-5-4-9-23-16)20-11-14(2)22-8-6-17-15(13-22)7-10-24-17/h4-5,7,9-10,14H,3,6,8,11-13H2,1-2H3,(H2,19,20,21). The van der Waals surface area contributed by atoms with Crippen molar-refractivity contribution in [2.24, 2.45) is 4.99 Å². The van der Waals surface area contributed by atoms with Crippen LogP contribution in [0.3, 0.4) is 0 Å². The highest BCUT2D eigenvalue weighted by Crippen LogP contribution is 2.24. The lowest BCUT2D eigenvalue weighted by Gasteiger charge is -2.32. The first-order valence-corrected chi connectivity index (χ1v) is 9.48. The van der Waals surface area contributed by atoms with Crippen LogP contribution in [-0.2, 0) is 19.5 Å². The number of guanidine groups is 1. The lowest BCUT2D eigenvalue weighted by molar-refractivity contribution is 0.192. The first-order valence-electron chi connectivity index (χ1n) is 8.60. The maximum atomic E-state index is 5.34. The Kier molecular flexibility index (Phi) is 5.93. The summed E-state index contributed by atoms with van der Waals surface area (Å²) in [4.78, 5) is 8.68. The number of thiophene rings is 1. The summed E-state index contributed by atoms with van der Waals surface area (Å²) in [5, 5.41) is 8.96. The van der Waals surface area contributed by atoms with Crippen molar-refractivity contribution in [2.75, 3.05) is 19.6 Å². The van der Waals surface area contributed by atoms with Gasteiger partial charge in [0.15, 0.2) is 5.96 Å². The summed E-state index contributed by atoms with van der Waals surface area (Å²) >= 11 is 1.89. The summed E-state index contributed by atoms with van der Waals surface area (Å²) in [7, 11) is 0. The Morgan fingerprint density at radius 3 is 3.12 bits per heavy atom. The highest BCUT2D eigenvalue weighted by Gasteiger charge is 2.21. The van der Waals surface area contributed by atoms with Gasteiger partial charge in [-0.05, 0) is 49.4 Å². The fraction of sp³-hybridized carbons (Fsp3) is 0.500. The molecule has 0 fully saturated rings. The van der Waals surface area contributed by atoms with Crippen LogP contribution in [0.2, 0.25) is 0 Å². The van der Waals surface area contributed by atoms with E-state index >= 15 is 0 Å². The molecule has 1 atom stereocenters. The minimum absolute atomic E-state index is 0.463. The molecule has 0 saturated heterocycles. The van der Waals surface area contributed by atoms with Gasteiger partial charge in [-0.15, -0.1) is 11.3 Å². The summed E-state index contributed by atoms with van der Waals surface area (Å²) in [6.07, 6.45) is 2.85. The number of hydrogen-bond donors (Lipinski definition) is 2. The molecule has 1 aliphatic heterocycles. The smallest absolute Gasteiger partial charge is 0.191 e. The first-order chi connectivity index (χ1) is 11.8. The first kappa shape index (κ1) is 17.0. The van der Waals surface area contributed by atoms with Crippen LogP contribution in [-0.4, -0.2) is 36.5 Å². The number of aliphatic imine (C=N–C) groups is 1. The number of furan rings is 1. The van der Waals surface area contributed by atoms with E-state index in [0.29, 0.717) is 12.6 Å². The van der Waals surface area contributed by atoms with Crippen LogP contribution in [0.15, 0.2) is 39.3 Å². The number of rotatable bonds is 6. The van der Waals surface area contributed by atoms with Crippen LogP contribution in [0.25, 0.3) is 0 Å². The molecule has 0 aliphatic carbocycles. The lowest BCUT2D eigenvalue weighted by atomic mass is 10.1. The van der Waals surface area contributed by atoms with Crippen molar-refractivity contribution in [1.29, 1.82) is 0 Å². The van der Waals surface area contributed by atoms with Gasteiger partial charge in [-0.2, -0.15) is 0 Å². The Labute approximate surface area is 147 Å². The van der Waals surface area contributed by atoms with Crippen molar-refractivity contribution in [3.63, 3.8) is 0 Å². The zero-order valence-electron chi connectivity index (χ0n) is 14.4. The van der Waals surface area contributed by atoms with Gasteiger partial charge in [0.05, 0.1) is 6.26 Å². The Bertz CT molecular complexity index is 650. The van der Waals surface area contributed by atoms with Gasteiger partial charge >= 0.3 is 0 Å². The van der Waals surface area contributed by atoms with E-state index in [1.54, 1.807) is 11.1 Å². The van der Waals surface area contributed by atoms with Crippen LogP contribution in [0, 0.1) is 0 Å². The van der Waals surface area contributed by atoms with Crippen LogP contribution in [0.1, 0.15) is 30.0 Å². The molecule has 2 aromatic rings. The summed E-state index contributed by atoms with van der Waals surface area (Å²) in [6.45, 7) is 8.83. The molecule has 6 heteroatoms. The third-order valence-electron chi connectivity index (χ3n) is 4.34.